The molecule has 1 aliphatic rings. The summed E-state index contributed by atoms with van der Waals surface area (Å²) in [6.45, 7) is 0.436. The molecule has 4 nitrogen and oxygen atoms in total. The van der Waals surface area contributed by atoms with Crippen molar-refractivity contribution in [1.82, 2.24) is 0 Å². The zero-order valence-electron chi connectivity index (χ0n) is 10.5. The van der Waals surface area contributed by atoms with Crippen molar-refractivity contribution in [2.75, 3.05) is 27.9 Å². The minimum absolute atomic E-state index is 0.156. The van der Waals surface area contributed by atoms with E-state index in [-0.39, 0.29) is 12.1 Å². The highest BCUT2D eigenvalue weighted by molar-refractivity contribution is 5.77. The van der Waals surface area contributed by atoms with Gasteiger partial charge in [0.05, 0.1) is 25.2 Å². The van der Waals surface area contributed by atoms with E-state index in [0.29, 0.717) is 6.61 Å². The van der Waals surface area contributed by atoms with Gasteiger partial charge in [-0.1, -0.05) is 19.3 Å². The van der Waals surface area contributed by atoms with Crippen LogP contribution in [0, 0.1) is 5.41 Å². The number of rotatable bonds is 5. The Balaban J connectivity index is 2.86. The van der Waals surface area contributed by atoms with Crippen LogP contribution in [0.1, 0.15) is 32.1 Å². The molecular formula is C12H22O4. The van der Waals surface area contributed by atoms with Gasteiger partial charge < -0.3 is 14.2 Å². The summed E-state index contributed by atoms with van der Waals surface area (Å²) in [4.78, 5) is 12.0. The summed E-state index contributed by atoms with van der Waals surface area (Å²) in [7, 11) is 4.70. The summed E-state index contributed by atoms with van der Waals surface area (Å²) >= 11 is 0. The van der Waals surface area contributed by atoms with Crippen LogP contribution in [0.15, 0.2) is 0 Å². The third kappa shape index (κ3) is 2.55. The summed E-state index contributed by atoms with van der Waals surface area (Å²) in [5.41, 5.74) is -0.502. The molecule has 1 rings (SSSR count). The first-order chi connectivity index (χ1) is 7.71. The first-order valence-corrected chi connectivity index (χ1v) is 5.81. The molecule has 0 spiro atoms. The molecule has 94 valence electrons. The van der Waals surface area contributed by atoms with Crippen LogP contribution in [0.2, 0.25) is 0 Å². The van der Waals surface area contributed by atoms with Gasteiger partial charge in [0.2, 0.25) is 0 Å². The number of esters is 1. The average molecular weight is 230 g/mol. The van der Waals surface area contributed by atoms with Gasteiger partial charge in [-0.3, -0.25) is 4.79 Å². The molecule has 0 aromatic carbocycles. The predicted molar refractivity (Wildman–Crippen MR) is 60.2 cm³/mol. The van der Waals surface area contributed by atoms with Gasteiger partial charge in [-0.25, -0.2) is 0 Å². The lowest BCUT2D eigenvalue weighted by molar-refractivity contribution is -0.169. The van der Waals surface area contributed by atoms with Gasteiger partial charge in [0.15, 0.2) is 0 Å². The monoisotopic (exact) mass is 230 g/mol. The standard InChI is InChI=1S/C12H22O4/c1-14-9-10(15-2)12(11(13)16-3)7-5-4-6-8-12/h10H,4-9H2,1-3H3. The maximum absolute atomic E-state index is 12.0. The molecule has 16 heavy (non-hydrogen) atoms. The molecular weight excluding hydrogens is 208 g/mol. The van der Waals surface area contributed by atoms with Gasteiger partial charge in [-0.15, -0.1) is 0 Å². The third-order valence-electron chi connectivity index (χ3n) is 3.56. The molecule has 0 saturated heterocycles. The van der Waals surface area contributed by atoms with Crippen molar-refractivity contribution in [2.45, 2.75) is 38.2 Å². The molecule has 1 fully saturated rings. The number of carbonyl (C=O) groups is 1. The van der Waals surface area contributed by atoms with Crippen LogP contribution >= 0.6 is 0 Å². The molecule has 0 radical (unpaired) electrons. The Morgan fingerprint density at radius 2 is 1.81 bits per heavy atom. The Bertz CT molecular complexity index is 221. The van der Waals surface area contributed by atoms with E-state index in [1.807, 2.05) is 0 Å². The second-order valence-corrected chi connectivity index (χ2v) is 4.39. The number of methoxy groups -OCH3 is 3. The Morgan fingerprint density at radius 1 is 1.19 bits per heavy atom. The normalized spacial score (nSPS) is 21.4. The molecule has 0 aromatic heterocycles. The summed E-state index contributed by atoms with van der Waals surface area (Å²) in [6, 6.07) is 0. The number of carbonyl (C=O) groups excluding carboxylic acids is 1. The highest BCUT2D eigenvalue weighted by Crippen LogP contribution is 2.41. The van der Waals surface area contributed by atoms with E-state index in [2.05, 4.69) is 0 Å². The van der Waals surface area contributed by atoms with Crippen LogP contribution in [-0.4, -0.2) is 40.0 Å². The molecule has 4 heteroatoms. The van der Waals surface area contributed by atoms with Crippen LogP contribution < -0.4 is 0 Å². The lowest BCUT2D eigenvalue weighted by atomic mass is 9.70. The van der Waals surface area contributed by atoms with Crippen molar-refractivity contribution in [3.63, 3.8) is 0 Å². The van der Waals surface area contributed by atoms with E-state index in [1.165, 1.54) is 13.5 Å². The zero-order chi connectivity index (χ0) is 12.0. The molecule has 1 saturated carbocycles. The zero-order valence-corrected chi connectivity index (χ0v) is 10.5. The first kappa shape index (κ1) is 13.5. The van der Waals surface area contributed by atoms with Crippen LogP contribution in [-0.2, 0) is 19.0 Å². The number of hydrogen-bond acceptors (Lipinski definition) is 4. The smallest absolute Gasteiger partial charge is 0.314 e. The second kappa shape index (κ2) is 6.21. The molecule has 1 atom stereocenters. The van der Waals surface area contributed by atoms with Gasteiger partial charge in [0.25, 0.3) is 0 Å². The lowest BCUT2D eigenvalue weighted by Crippen LogP contribution is -2.47. The Hall–Kier alpha value is -0.610. The predicted octanol–water partition coefficient (Wildman–Crippen LogP) is 1.77. The third-order valence-corrected chi connectivity index (χ3v) is 3.56. The molecule has 0 N–H and O–H groups in total. The van der Waals surface area contributed by atoms with Crippen LogP contribution in [0.25, 0.3) is 0 Å². The van der Waals surface area contributed by atoms with Crippen molar-refractivity contribution in [3.05, 3.63) is 0 Å². The fourth-order valence-corrected chi connectivity index (χ4v) is 2.65. The number of ether oxygens (including phenoxy) is 3. The van der Waals surface area contributed by atoms with Crippen molar-refractivity contribution >= 4 is 5.97 Å². The number of hydrogen-bond donors (Lipinski definition) is 0. The van der Waals surface area contributed by atoms with Crippen molar-refractivity contribution in [1.29, 1.82) is 0 Å². The molecule has 0 amide bonds. The SMILES string of the molecule is COCC(OC)C1(C(=O)OC)CCCCC1. The van der Waals surface area contributed by atoms with Gasteiger partial charge in [-0.05, 0) is 12.8 Å². The molecule has 0 bridgehead atoms. The van der Waals surface area contributed by atoms with Gasteiger partial charge >= 0.3 is 5.97 Å². The van der Waals surface area contributed by atoms with Crippen molar-refractivity contribution < 1.29 is 19.0 Å². The molecule has 1 unspecified atom stereocenters. The Kier molecular flexibility index (Phi) is 5.22. The van der Waals surface area contributed by atoms with E-state index >= 15 is 0 Å². The summed E-state index contributed by atoms with van der Waals surface area (Å²) in [5, 5.41) is 0. The minimum atomic E-state index is -0.502. The van der Waals surface area contributed by atoms with E-state index in [4.69, 9.17) is 14.2 Å². The van der Waals surface area contributed by atoms with E-state index in [0.717, 1.165) is 25.7 Å². The summed E-state index contributed by atoms with van der Waals surface area (Å²) < 4.78 is 15.5. The fraction of sp³-hybridized carbons (Fsp3) is 0.917. The van der Waals surface area contributed by atoms with Crippen LogP contribution in [0.5, 0.6) is 0 Å². The van der Waals surface area contributed by atoms with Crippen LogP contribution in [0.4, 0.5) is 0 Å². The van der Waals surface area contributed by atoms with E-state index < -0.39 is 5.41 Å². The molecule has 0 aliphatic heterocycles. The lowest BCUT2D eigenvalue weighted by Gasteiger charge is -2.39. The van der Waals surface area contributed by atoms with E-state index in [9.17, 15) is 4.79 Å². The summed E-state index contributed by atoms with van der Waals surface area (Å²) in [6.07, 6.45) is 4.76. The largest absolute Gasteiger partial charge is 0.469 e. The van der Waals surface area contributed by atoms with Gasteiger partial charge in [0, 0.05) is 14.2 Å². The maximum atomic E-state index is 12.0. The molecule has 0 heterocycles. The maximum Gasteiger partial charge on any atom is 0.314 e. The minimum Gasteiger partial charge on any atom is -0.469 e. The topological polar surface area (TPSA) is 44.8 Å². The van der Waals surface area contributed by atoms with Gasteiger partial charge in [0.1, 0.15) is 0 Å². The fourth-order valence-electron chi connectivity index (χ4n) is 2.65. The average Bonchev–Trinajstić information content (AvgIpc) is 2.35. The molecule has 0 aromatic rings. The quantitative estimate of drug-likeness (QED) is 0.675. The highest BCUT2D eigenvalue weighted by Gasteiger charge is 2.47. The Morgan fingerprint density at radius 3 is 2.25 bits per heavy atom. The Labute approximate surface area is 97.2 Å². The van der Waals surface area contributed by atoms with Crippen LogP contribution in [0.3, 0.4) is 0 Å². The second-order valence-electron chi connectivity index (χ2n) is 4.39. The van der Waals surface area contributed by atoms with Crippen molar-refractivity contribution in [3.8, 4) is 0 Å². The highest BCUT2D eigenvalue weighted by atomic mass is 16.5. The summed E-state index contributed by atoms with van der Waals surface area (Å²) in [5.74, 6) is -0.156. The van der Waals surface area contributed by atoms with Gasteiger partial charge in [-0.2, -0.15) is 0 Å². The van der Waals surface area contributed by atoms with Crippen molar-refractivity contribution in [2.24, 2.45) is 5.41 Å². The molecule has 1 aliphatic carbocycles. The first-order valence-electron chi connectivity index (χ1n) is 5.81. The van der Waals surface area contributed by atoms with E-state index in [1.54, 1.807) is 14.2 Å².